The number of esters is 1. The smallest absolute Gasteiger partial charge is 0.323 e. The van der Waals surface area contributed by atoms with Crippen LogP contribution in [0.5, 0.6) is 0 Å². The van der Waals surface area contributed by atoms with Crippen LogP contribution in [0.1, 0.15) is 62.3 Å². The first-order valence-corrected chi connectivity index (χ1v) is 10.7. The van der Waals surface area contributed by atoms with Crippen LogP contribution in [0.3, 0.4) is 0 Å². The highest BCUT2D eigenvalue weighted by molar-refractivity contribution is 5.76. The van der Waals surface area contributed by atoms with Crippen molar-refractivity contribution in [3.63, 3.8) is 0 Å². The van der Waals surface area contributed by atoms with Gasteiger partial charge in [-0.15, -0.1) is 0 Å². The fourth-order valence-corrected chi connectivity index (χ4v) is 5.36. The molecular weight excluding hydrogens is 362 g/mol. The van der Waals surface area contributed by atoms with Gasteiger partial charge in [-0.05, 0) is 50.3 Å². The number of rotatable bonds is 2. The van der Waals surface area contributed by atoms with Crippen molar-refractivity contribution >= 4 is 5.97 Å². The van der Waals surface area contributed by atoms with Crippen molar-refractivity contribution in [3.05, 3.63) is 71.3 Å². The van der Waals surface area contributed by atoms with E-state index in [1.54, 1.807) is 0 Å². The highest BCUT2D eigenvalue weighted by atomic mass is 16.6. The molecule has 0 unspecified atom stereocenters. The van der Waals surface area contributed by atoms with Crippen molar-refractivity contribution in [2.24, 2.45) is 0 Å². The molecule has 0 spiro atoms. The highest BCUT2D eigenvalue weighted by Crippen LogP contribution is 2.52. The van der Waals surface area contributed by atoms with Gasteiger partial charge < -0.3 is 9.47 Å². The second-order valence-corrected chi connectivity index (χ2v) is 9.50. The van der Waals surface area contributed by atoms with Gasteiger partial charge >= 0.3 is 5.97 Å². The first-order chi connectivity index (χ1) is 13.9. The minimum absolute atomic E-state index is 0.0907. The molecule has 0 bridgehead atoms. The van der Waals surface area contributed by atoms with Gasteiger partial charge in [-0.2, -0.15) is 0 Å². The number of piperidine rings is 1. The van der Waals surface area contributed by atoms with Crippen LogP contribution in [0.15, 0.2) is 54.6 Å². The van der Waals surface area contributed by atoms with Crippen LogP contribution in [0.4, 0.5) is 0 Å². The van der Waals surface area contributed by atoms with Crippen LogP contribution in [0.25, 0.3) is 0 Å². The molecule has 2 heterocycles. The van der Waals surface area contributed by atoms with Crippen molar-refractivity contribution < 1.29 is 14.3 Å². The predicted molar refractivity (Wildman–Crippen MR) is 111 cm³/mol. The molecule has 2 aliphatic heterocycles. The van der Waals surface area contributed by atoms with Crippen molar-refractivity contribution in [3.8, 4) is 0 Å². The fourth-order valence-electron chi connectivity index (χ4n) is 5.36. The summed E-state index contributed by atoms with van der Waals surface area (Å²) in [7, 11) is 0. The van der Waals surface area contributed by atoms with Crippen molar-refractivity contribution in [1.82, 2.24) is 4.90 Å². The molecule has 0 aromatic heterocycles. The highest BCUT2D eigenvalue weighted by Gasteiger charge is 2.56. The standard InChI is InChI=1S/C25H29NO3/c1-25(2,3)29-24(27)20-14-13-19(16-9-5-4-6-10-16)23-26(20)22-18-12-8-7-11-17(18)15-21(22)28-23/h4-12,19-23H,13-15H2,1-3H3/t19-,20-,21+,22-,23+/m1/s1. The molecule has 0 radical (unpaired) electrons. The molecule has 2 aromatic carbocycles. The van der Waals surface area contributed by atoms with Gasteiger partial charge in [0.15, 0.2) is 0 Å². The average Bonchev–Trinajstić information content (AvgIpc) is 3.22. The molecule has 0 saturated carbocycles. The first kappa shape index (κ1) is 18.8. The van der Waals surface area contributed by atoms with E-state index in [9.17, 15) is 4.79 Å². The summed E-state index contributed by atoms with van der Waals surface area (Å²) in [6, 6.07) is 19.0. The minimum atomic E-state index is -0.490. The fraction of sp³-hybridized carbons (Fsp3) is 0.480. The number of ether oxygens (including phenoxy) is 2. The molecule has 152 valence electrons. The maximum absolute atomic E-state index is 13.2. The Morgan fingerprint density at radius 2 is 1.76 bits per heavy atom. The first-order valence-electron chi connectivity index (χ1n) is 10.7. The summed E-state index contributed by atoms with van der Waals surface area (Å²) >= 11 is 0. The molecule has 1 aliphatic carbocycles. The van der Waals surface area contributed by atoms with Crippen molar-refractivity contribution in [1.29, 1.82) is 0 Å². The lowest BCUT2D eigenvalue weighted by Crippen LogP contribution is -2.53. The number of hydrogen-bond acceptors (Lipinski definition) is 4. The van der Waals surface area contributed by atoms with E-state index in [-0.39, 0.29) is 36.3 Å². The number of hydrogen-bond donors (Lipinski definition) is 0. The number of nitrogens with zero attached hydrogens (tertiary/aromatic N) is 1. The molecule has 4 nitrogen and oxygen atoms in total. The molecular formula is C25H29NO3. The third-order valence-corrected chi connectivity index (χ3v) is 6.44. The zero-order chi connectivity index (χ0) is 20.2. The van der Waals surface area contributed by atoms with Gasteiger partial charge in [-0.25, -0.2) is 0 Å². The van der Waals surface area contributed by atoms with Crippen LogP contribution < -0.4 is 0 Å². The van der Waals surface area contributed by atoms with E-state index >= 15 is 0 Å². The van der Waals surface area contributed by atoms with E-state index < -0.39 is 5.60 Å². The molecule has 3 aliphatic rings. The summed E-state index contributed by atoms with van der Waals surface area (Å²) < 4.78 is 12.5. The Kier molecular flexibility index (Phi) is 4.52. The quantitative estimate of drug-likeness (QED) is 0.702. The number of carbonyl (C=O) groups is 1. The second-order valence-electron chi connectivity index (χ2n) is 9.50. The maximum atomic E-state index is 13.2. The van der Waals surface area contributed by atoms with E-state index in [4.69, 9.17) is 9.47 Å². The average molecular weight is 392 g/mol. The van der Waals surface area contributed by atoms with Gasteiger partial charge in [0, 0.05) is 12.3 Å². The van der Waals surface area contributed by atoms with Gasteiger partial charge in [0.05, 0.1) is 12.1 Å². The zero-order valence-corrected chi connectivity index (χ0v) is 17.4. The molecule has 2 aromatic rings. The number of fused-ring (bicyclic) bond motifs is 5. The second kappa shape index (κ2) is 6.96. The van der Waals surface area contributed by atoms with E-state index in [1.165, 1.54) is 16.7 Å². The summed E-state index contributed by atoms with van der Waals surface area (Å²) in [5.74, 6) is 0.148. The Morgan fingerprint density at radius 1 is 1.03 bits per heavy atom. The Balaban J connectivity index is 1.52. The lowest BCUT2D eigenvalue weighted by molar-refractivity contribution is -0.168. The molecule has 0 amide bonds. The van der Waals surface area contributed by atoms with Crippen LogP contribution in [0, 0.1) is 0 Å². The SMILES string of the molecule is CC(C)(C)OC(=O)[C@H]1CC[C@H](c2ccccc2)[C@@H]2O[C@H]3Cc4ccccc4[C@H]3N12. The van der Waals surface area contributed by atoms with Crippen LogP contribution >= 0.6 is 0 Å². The molecule has 2 fully saturated rings. The van der Waals surface area contributed by atoms with Gasteiger partial charge in [-0.1, -0.05) is 54.6 Å². The molecule has 4 heteroatoms. The van der Waals surface area contributed by atoms with Gasteiger partial charge in [0.1, 0.15) is 17.9 Å². The largest absolute Gasteiger partial charge is 0.459 e. The van der Waals surface area contributed by atoms with Crippen LogP contribution in [-0.2, 0) is 20.7 Å². The van der Waals surface area contributed by atoms with Crippen LogP contribution in [0.2, 0.25) is 0 Å². The Hall–Kier alpha value is -2.17. The molecule has 0 N–H and O–H groups in total. The Bertz CT molecular complexity index is 904. The molecule has 2 saturated heterocycles. The summed E-state index contributed by atoms with van der Waals surface area (Å²) in [5, 5.41) is 0. The molecule has 5 atom stereocenters. The normalized spacial score (nSPS) is 31.1. The van der Waals surface area contributed by atoms with Crippen LogP contribution in [-0.4, -0.2) is 34.8 Å². The summed E-state index contributed by atoms with van der Waals surface area (Å²) in [4.78, 5) is 15.5. The van der Waals surface area contributed by atoms with E-state index in [1.807, 2.05) is 26.8 Å². The Morgan fingerprint density at radius 3 is 2.52 bits per heavy atom. The van der Waals surface area contributed by atoms with Gasteiger partial charge in [0.25, 0.3) is 0 Å². The predicted octanol–water partition coefficient (Wildman–Crippen LogP) is 4.60. The monoisotopic (exact) mass is 391 g/mol. The third kappa shape index (κ3) is 3.28. The maximum Gasteiger partial charge on any atom is 0.323 e. The van der Waals surface area contributed by atoms with Crippen molar-refractivity contribution in [2.45, 2.75) is 76.0 Å². The minimum Gasteiger partial charge on any atom is -0.459 e. The van der Waals surface area contributed by atoms with Gasteiger partial charge in [-0.3, -0.25) is 9.69 Å². The third-order valence-electron chi connectivity index (χ3n) is 6.44. The molecule has 5 rings (SSSR count). The van der Waals surface area contributed by atoms with Crippen molar-refractivity contribution in [2.75, 3.05) is 0 Å². The van der Waals surface area contributed by atoms with E-state index in [0.29, 0.717) is 0 Å². The summed E-state index contributed by atoms with van der Waals surface area (Å²) in [6.45, 7) is 5.81. The lowest BCUT2D eigenvalue weighted by Gasteiger charge is -2.43. The summed E-state index contributed by atoms with van der Waals surface area (Å²) in [6.07, 6.45) is 2.64. The molecule has 29 heavy (non-hydrogen) atoms. The van der Waals surface area contributed by atoms with Gasteiger partial charge in [0.2, 0.25) is 0 Å². The number of carbonyl (C=O) groups excluding carboxylic acids is 1. The topological polar surface area (TPSA) is 38.8 Å². The lowest BCUT2D eigenvalue weighted by atomic mass is 9.84. The zero-order valence-electron chi connectivity index (χ0n) is 17.4. The summed E-state index contributed by atoms with van der Waals surface area (Å²) in [5.41, 5.74) is 3.45. The van der Waals surface area contributed by atoms with E-state index in [0.717, 1.165) is 19.3 Å². The Labute approximate surface area is 172 Å². The number of benzene rings is 2. The van der Waals surface area contributed by atoms with E-state index in [2.05, 4.69) is 53.4 Å².